The fraction of sp³-hybridized carbons (Fsp3) is 0.833. The summed E-state index contributed by atoms with van der Waals surface area (Å²) in [7, 11) is 0. The fourth-order valence-corrected chi connectivity index (χ4v) is 3.49. The molecule has 2 aliphatic rings. The summed E-state index contributed by atoms with van der Waals surface area (Å²) in [5.41, 5.74) is 0. The van der Waals surface area contributed by atoms with E-state index in [0.717, 1.165) is 19.6 Å². The van der Waals surface area contributed by atoms with Crippen molar-refractivity contribution in [3.05, 3.63) is 0 Å². The molecular formula is C12H21N3O4S. The summed E-state index contributed by atoms with van der Waals surface area (Å²) < 4.78 is 5.60. The van der Waals surface area contributed by atoms with Gasteiger partial charge in [-0.25, -0.2) is 9.59 Å². The molecule has 2 amide bonds. The maximum absolute atomic E-state index is 12.0. The lowest BCUT2D eigenvalue weighted by Crippen LogP contribution is -2.51. The van der Waals surface area contributed by atoms with Crippen molar-refractivity contribution in [3.63, 3.8) is 0 Å². The molecule has 2 heterocycles. The van der Waals surface area contributed by atoms with E-state index >= 15 is 0 Å². The molecule has 2 rings (SSSR count). The van der Waals surface area contributed by atoms with E-state index < -0.39 is 12.0 Å². The number of urea groups is 1. The van der Waals surface area contributed by atoms with Gasteiger partial charge < -0.3 is 20.1 Å². The van der Waals surface area contributed by atoms with Crippen LogP contribution in [0, 0.1) is 0 Å². The Morgan fingerprint density at radius 2 is 2.30 bits per heavy atom. The van der Waals surface area contributed by atoms with Gasteiger partial charge in [-0.3, -0.25) is 4.90 Å². The number of nitrogens with one attached hydrogen (secondary N) is 1. The summed E-state index contributed by atoms with van der Waals surface area (Å²) in [6.07, 6.45) is -0.0221. The highest BCUT2D eigenvalue weighted by atomic mass is 32.2. The maximum atomic E-state index is 12.0. The number of carboxylic acids is 1. The largest absolute Gasteiger partial charge is 0.480 e. The van der Waals surface area contributed by atoms with Crippen molar-refractivity contribution in [1.29, 1.82) is 0 Å². The smallest absolute Gasteiger partial charge is 0.327 e. The van der Waals surface area contributed by atoms with Crippen molar-refractivity contribution in [3.8, 4) is 0 Å². The van der Waals surface area contributed by atoms with Gasteiger partial charge in [0, 0.05) is 25.4 Å². The third kappa shape index (κ3) is 3.77. The number of likely N-dealkylation sites (N-methyl/N-ethyl adjacent to an activating group) is 1. The minimum absolute atomic E-state index is 0.0221. The number of aliphatic carboxylic acids is 1. The van der Waals surface area contributed by atoms with Gasteiger partial charge in [0.1, 0.15) is 6.04 Å². The van der Waals surface area contributed by atoms with Crippen molar-refractivity contribution in [2.24, 2.45) is 0 Å². The second-order valence-electron chi connectivity index (χ2n) is 4.90. The maximum Gasteiger partial charge on any atom is 0.327 e. The molecule has 0 aromatic carbocycles. The molecule has 0 bridgehead atoms. The van der Waals surface area contributed by atoms with Crippen molar-refractivity contribution in [2.45, 2.75) is 19.1 Å². The zero-order valence-corrected chi connectivity index (χ0v) is 12.4. The third-order valence-corrected chi connectivity index (χ3v) is 4.59. The minimum atomic E-state index is -0.948. The molecule has 0 radical (unpaired) electrons. The zero-order valence-electron chi connectivity index (χ0n) is 11.6. The van der Waals surface area contributed by atoms with Gasteiger partial charge in [-0.1, -0.05) is 6.92 Å². The first-order valence-electron chi connectivity index (χ1n) is 6.80. The lowest BCUT2D eigenvalue weighted by Gasteiger charge is -2.32. The molecule has 7 nitrogen and oxygen atoms in total. The number of thioether (sulfide) groups is 1. The average molecular weight is 303 g/mol. The number of amides is 2. The Balaban J connectivity index is 1.78. The predicted octanol–water partition coefficient (Wildman–Crippen LogP) is -0.124. The highest BCUT2D eigenvalue weighted by Gasteiger charge is 2.34. The Kier molecular flexibility index (Phi) is 5.50. The first kappa shape index (κ1) is 15.4. The molecule has 2 atom stereocenters. The lowest BCUT2D eigenvalue weighted by atomic mass is 10.2. The SMILES string of the molecule is CCN1CCOC(CNC(=O)N2CSCC2C(=O)O)C1. The number of carbonyl (C=O) groups excluding carboxylic acids is 1. The van der Waals surface area contributed by atoms with Gasteiger partial charge in [0.05, 0.1) is 18.6 Å². The van der Waals surface area contributed by atoms with Gasteiger partial charge in [-0.2, -0.15) is 0 Å². The monoisotopic (exact) mass is 303 g/mol. The number of carbonyl (C=O) groups is 2. The van der Waals surface area contributed by atoms with Crippen LogP contribution in [0.4, 0.5) is 4.79 Å². The number of hydrogen-bond acceptors (Lipinski definition) is 5. The highest BCUT2D eigenvalue weighted by Crippen LogP contribution is 2.20. The third-order valence-electron chi connectivity index (χ3n) is 3.58. The molecule has 2 saturated heterocycles. The molecule has 8 heteroatoms. The number of morpholine rings is 1. The van der Waals surface area contributed by atoms with E-state index in [2.05, 4.69) is 17.1 Å². The van der Waals surface area contributed by atoms with Crippen LogP contribution in [0.15, 0.2) is 0 Å². The Morgan fingerprint density at radius 1 is 1.50 bits per heavy atom. The van der Waals surface area contributed by atoms with E-state index in [-0.39, 0.29) is 12.1 Å². The van der Waals surface area contributed by atoms with Gasteiger partial charge in [-0.15, -0.1) is 11.8 Å². The van der Waals surface area contributed by atoms with Crippen LogP contribution in [-0.4, -0.2) is 83.5 Å². The predicted molar refractivity (Wildman–Crippen MR) is 75.8 cm³/mol. The van der Waals surface area contributed by atoms with Crippen LogP contribution in [0.5, 0.6) is 0 Å². The molecule has 0 aliphatic carbocycles. The fourth-order valence-electron chi connectivity index (χ4n) is 2.34. The molecular weight excluding hydrogens is 282 g/mol. The van der Waals surface area contributed by atoms with Crippen molar-refractivity contribution >= 4 is 23.8 Å². The van der Waals surface area contributed by atoms with Gasteiger partial charge in [0.25, 0.3) is 0 Å². The molecule has 0 saturated carbocycles. The van der Waals surface area contributed by atoms with E-state index in [1.165, 1.54) is 16.7 Å². The van der Waals surface area contributed by atoms with Crippen LogP contribution < -0.4 is 5.32 Å². The summed E-state index contributed by atoms with van der Waals surface area (Å²) >= 11 is 1.46. The van der Waals surface area contributed by atoms with Crippen LogP contribution in [-0.2, 0) is 9.53 Å². The lowest BCUT2D eigenvalue weighted by molar-refractivity contribution is -0.140. The average Bonchev–Trinajstić information content (AvgIpc) is 2.94. The second kappa shape index (κ2) is 7.14. The number of nitrogens with zero attached hydrogens (tertiary/aromatic N) is 2. The first-order chi connectivity index (χ1) is 9.61. The molecule has 20 heavy (non-hydrogen) atoms. The van der Waals surface area contributed by atoms with E-state index in [4.69, 9.17) is 9.84 Å². The van der Waals surface area contributed by atoms with Crippen LogP contribution in [0.1, 0.15) is 6.92 Å². The molecule has 0 aromatic heterocycles. The van der Waals surface area contributed by atoms with Gasteiger partial charge in [0.15, 0.2) is 0 Å². The van der Waals surface area contributed by atoms with E-state index in [0.29, 0.717) is 24.8 Å². The van der Waals surface area contributed by atoms with Crippen LogP contribution in [0.25, 0.3) is 0 Å². The van der Waals surface area contributed by atoms with Crippen molar-refractivity contribution in [1.82, 2.24) is 15.1 Å². The summed E-state index contributed by atoms with van der Waals surface area (Å²) in [6, 6.07) is -1.04. The Labute approximate surface area is 122 Å². The number of ether oxygens (including phenoxy) is 1. The molecule has 2 fully saturated rings. The summed E-state index contributed by atoms with van der Waals surface area (Å²) in [5, 5.41) is 11.8. The summed E-state index contributed by atoms with van der Waals surface area (Å²) in [6.45, 7) is 5.88. The Bertz CT molecular complexity index is 369. The molecule has 2 aliphatic heterocycles. The van der Waals surface area contributed by atoms with Crippen LogP contribution >= 0.6 is 11.8 Å². The number of carboxylic acid groups (broad SMARTS) is 1. The number of hydrogen-bond donors (Lipinski definition) is 2. The second-order valence-corrected chi connectivity index (χ2v) is 5.90. The summed E-state index contributed by atoms with van der Waals surface area (Å²) in [5.74, 6) is -0.0713. The van der Waals surface area contributed by atoms with E-state index in [9.17, 15) is 9.59 Å². The summed E-state index contributed by atoms with van der Waals surface area (Å²) in [4.78, 5) is 26.7. The van der Waals surface area contributed by atoms with E-state index in [1.807, 2.05) is 0 Å². The highest BCUT2D eigenvalue weighted by molar-refractivity contribution is 7.99. The zero-order chi connectivity index (χ0) is 14.5. The quantitative estimate of drug-likeness (QED) is 0.753. The normalized spacial score (nSPS) is 27.6. The minimum Gasteiger partial charge on any atom is -0.480 e. The Hall–Kier alpha value is -0.990. The van der Waals surface area contributed by atoms with Crippen molar-refractivity contribution in [2.75, 3.05) is 44.4 Å². The number of rotatable bonds is 4. The van der Waals surface area contributed by atoms with Crippen LogP contribution in [0.3, 0.4) is 0 Å². The van der Waals surface area contributed by atoms with Gasteiger partial charge >= 0.3 is 12.0 Å². The standard InChI is InChI=1S/C12H21N3O4S/c1-2-14-3-4-19-9(6-14)5-13-12(18)15-8-20-7-10(15)11(16)17/h9-10H,2-8H2,1H3,(H,13,18)(H,16,17). The molecule has 114 valence electrons. The van der Waals surface area contributed by atoms with E-state index in [1.54, 1.807) is 0 Å². The van der Waals surface area contributed by atoms with Gasteiger partial charge in [-0.05, 0) is 6.54 Å². The molecule has 2 N–H and O–H groups in total. The molecule has 2 unspecified atom stereocenters. The molecule has 0 spiro atoms. The Morgan fingerprint density at radius 3 is 3.00 bits per heavy atom. The van der Waals surface area contributed by atoms with Crippen molar-refractivity contribution < 1.29 is 19.4 Å². The topological polar surface area (TPSA) is 82.1 Å². The first-order valence-corrected chi connectivity index (χ1v) is 7.96. The molecule has 0 aromatic rings. The van der Waals surface area contributed by atoms with Crippen LogP contribution in [0.2, 0.25) is 0 Å². The van der Waals surface area contributed by atoms with Gasteiger partial charge in [0.2, 0.25) is 0 Å².